The van der Waals surface area contributed by atoms with Gasteiger partial charge in [-0.05, 0) is 50.1 Å². The van der Waals surface area contributed by atoms with Gasteiger partial charge in [0.1, 0.15) is 11.7 Å². The number of aryl methyl sites for hydroxylation is 3. The summed E-state index contributed by atoms with van der Waals surface area (Å²) in [4.78, 5) is 45.9. The molecule has 0 aliphatic heterocycles. The third-order valence-electron chi connectivity index (χ3n) is 5.77. The first-order valence-electron chi connectivity index (χ1n) is 10.3. The normalized spacial score (nSPS) is 11.2. The highest BCUT2D eigenvalue weighted by Crippen LogP contribution is 2.22. The van der Waals surface area contributed by atoms with Gasteiger partial charge in [0.25, 0.3) is 11.3 Å². The number of nitrogens with one attached hydrogen (secondary N) is 2. The fourth-order valence-electron chi connectivity index (χ4n) is 3.88. The first-order chi connectivity index (χ1) is 15.8. The van der Waals surface area contributed by atoms with Crippen LogP contribution in [0.3, 0.4) is 0 Å². The molecule has 9 nitrogen and oxygen atoms in total. The van der Waals surface area contributed by atoms with Crippen LogP contribution < -0.4 is 11.0 Å². The minimum absolute atomic E-state index is 0.215. The zero-order valence-corrected chi connectivity index (χ0v) is 18.2. The SMILES string of the molecule is Cc1ccc(-n2ncc3c(=O)n(NC(=O)C(=O)c4c(C)[nH]c5ccccc45)cnc32)cc1C. The number of fused-ring (bicyclic) bond motifs is 2. The molecule has 3 heterocycles. The second-order valence-electron chi connectivity index (χ2n) is 7.92. The smallest absolute Gasteiger partial charge is 0.311 e. The van der Waals surface area contributed by atoms with Crippen molar-refractivity contribution in [1.29, 1.82) is 0 Å². The van der Waals surface area contributed by atoms with E-state index in [2.05, 4.69) is 20.5 Å². The predicted molar refractivity (Wildman–Crippen MR) is 124 cm³/mol. The number of carbonyl (C=O) groups excluding carboxylic acids is 2. The first-order valence-corrected chi connectivity index (χ1v) is 10.3. The largest absolute Gasteiger partial charge is 0.358 e. The number of amides is 1. The minimum atomic E-state index is -0.937. The summed E-state index contributed by atoms with van der Waals surface area (Å²) in [6, 6.07) is 13.0. The van der Waals surface area contributed by atoms with Crippen molar-refractivity contribution in [3.8, 4) is 5.69 Å². The highest BCUT2D eigenvalue weighted by atomic mass is 16.2. The van der Waals surface area contributed by atoms with Crippen molar-refractivity contribution in [2.45, 2.75) is 20.8 Å². The maximum atomic E-state index is 13.0. The number of aromatic nitrogens is 5. The van der Waals surface area contributed by atoms with Gasteiger partial charge in [-0.1, -0.05) is 24.3 Å². The highest BCUT2D eigenvalue weighted by Gasteiger charge is 2.23. The number of Topliss-reactive ketones (excluding diaryl/α,β-unsaturated/α-hetero) is 1. The quantitative estimate of drug-likeness (QED) is 0.329. The van der Waals surface area contributed by atoms with Crippen LogP contribution >= 0.6 is 0 Å². The summed E-state index contributed by atoms with van der Waals surface area (Å²) >= 11 is 0. The molecule has 0 aliphatic rings. The van der Waals surface area contributed by atoms with Crippen molar-refractivity contribution in [1.82, 2.24) is 24.4 Å². The summed E-state index contributed by atoms with van der Waals surface area (Å²) in [5, 5.41) is 5.15. The van der Waals surface area contributed by atoms with Crippen molar-refractivity contribution in [2.75, 3.05) is 5.43 Å². The van der Waals surface area contributed by atoms with Gasteiger partial charge in [0.15, 0.2) is 5.65 Å². The van der Waals surface area contributed by atoms with Gasteiger partial charge in [-0.25, -0.2) is 14.3 Å². The lowest BCUT2D eigenvalue weighted by Crippen LogP contribution is -2.37. The lowest BCUT2D eigenvalue weighted by atomic mass is 10.1. The standard InChI is InChI=1S/C24H20N6O3/c1-13-8-9-16(10-14(13)2)30-22-18(11-26-30)24(33)29(12-25-22)28-23(32)21(31)20-15(3)27-19-7-5-4-6-17(19)20/h4-12,27H,1-3H3,(H,28,32). The van der Waals surface area contributed by atoms with Gasteiger partial charge < -0.3 is 4.98 Å². The molecule has 9 heteroatoms. The van der Waals surface area contributed by atoms with E-state index in [9.17, 15) is 14.4 Å². The molecule has 0 bridgehead atoms. The number of hydrogen-bond acceptors (Lipinski definition) is 5. The highest BCUT2D eigenvalue weighted by molar-refractivity contribution is 6.47. The molecule has 0 atom stereocenters. The molecular formula is C24H20N6O3. The van der Waals surface area contributed by atoms with Crippen molar-refractivity contribution in [3.05, 3.63) is 87.7 Å². The van der Waals surface area contributed by atoms with E-state index < -0.39 is 17.2 Å². The Labute approximate surface area is 187 Å². The lowest BCUT2D eigenvalue weighted by Gasteiger charge is -2.08. The summed E-state index contributed by atoms with van der Waals surface area (Å²) in [6.07, 6.45) is 2.57. The fraction of sp³-hybridized carbons (Fsp3) is 0.125. The van der Waals surface area contributed by atoms with Gasteiger partial charge in [-0.2, -0.15) is 5.10 Å². The predicted octanol–water partition coefficient (Wildman–Crippen LogP) is 2.94. The van der Waals surface area contributed by atoms with E-state index in [1.165, 1.54) is 12.5 Å². The number of rotatable bonds is 4. The summed E-state index contributed by atoms with van der Waals surface area (Å²) in [5.41, 5.74) is 6.77. The molecule has 33 heavy (non-hydrogen) atoms. The van der Waals surface area contributed by atoms with Gasteiger partial charge in [0.2, 0.25) is 0 Å². The molecule has 5 aromatic rings. The average Bonchev–Trinajstić information content (AvgIpc) is 3.38. The molecule has 0 saturated heterocycles. The number of nitrogens with zero attached hydrogens (tertiary/aromatic N) is 4. The Morgan fingerprint density at radius 3 is 2.58 bits per heavy atom. The molecule has 0 radical (unpaired) electrons. The molecule has 3 aromatic heterocycles. The fourth-order valence-corrected chi connectivity index (χ4v) is 3.88. The number of para-hydroxylation sites is 1. The Kier molecular flexibility index (Phi) is 4.67. The molecular weight excluding hydrogens is 420 g/mol. The molecule has 0 saturated carbocycles. The van der Waals surface area contributed by atoms with Gasteiger partial charge >= 0.3 is 5.91 Å². The van der Waals surface area contributed by atoms with E-state index in [-0.39, 0.29) is 10.9 Å². The maximum absolute atomic E-state index is 13.0. The number of aromatic amines is 1. The van der Waals surface area contributed by atoms with Crippen molar-refractivity contribution < 1.29 is 9.59 Å². The van der Waals surface area contributed by atoms with Gasteiger partial charge in [0.05, 0.1) is 17.4 Å². The van der Waals surface area contributed by atoms with Crippen LogP contribution in [0.5, 0.6) is 0 Å². The Balaban J connectivity index is 1.48. The van der Waals surface area contributed by atoms with E-state index in [1.54, 1.807) is 23.7 Å². The number of ketones is 1. The maximum Gasteiger partial charge on any atom is 0.311 e. The third kappa shape index (κ3) is 3.30. The molecule has 5 rings (SSSR count). The van der Waals surface area contributed by atoms with Gasteiger partial charge in [-0.15, -0.1) is 0 Å². The minimum Gasteiger partial charge on any atom is -0.358 e. The Morgan fingerprint density at radius 2 is 1.79 bits per heavy atom. The summed E-state index contributed by atoms with van der Waals surface area (Å²) in [6.45, 7) is 5.73. The number of benzene rings is 2. The number of H-pyrrole nitrogens is 1. The molecule has 1 amide bonds. The van der Waals surface area contributed by atoms with Crippen LogP contribution in [-0.2, 0) is 4.79 Å². The van der Waals surface area contributed by atoms with Crippen LogP contribution in [0.25, 0.3) is 27.6 Å². The van der Waals surface area contributed by atoms with Crippen molar-refractivity contribution in [2.24, 2.45) is 0 Å². The van der Waals surface area contributed by atoms with Crippen molar-refractivity contribution >= 4 is 33.6 Å². The first kappa shape index (κ1) is 20.4. The molecule has 0 fully saturated rings. The molecule has 0 unspecified atom stereocenters. The van der Waals surface area contributed by atoms with Crippen LogP contribution in [-0.4, -0.2) is 36.1 Å². The second-order valence-corrected chi connectivity index (χ2v) is 7.92. The summed E-state index contributed by atoms with van der Waals surface area (Å²) in [5.74, 6) is -1.68. The van der Waals surface area contributed by atoms with Crippen LogP contribution in [0, 0.1) is 20.8 Å². The Hall–Kier alpha value is -4.53. The number of hydrogen-bond donors (Lipinski definition) is 2. The van der Waals surface area contributed by atoms with Crippen LogP contribution in [0.1, 0.15) is 27.2 Å². The van der Waals surface area contributed by atoms with Crippen LogP contribution in [0.2, 0.25) is 0 Å². The van der Waals surface area contributed by atoms with E-state index in [0.29, 0.717) is 16.7 Å². The Morgan fingerprint density at radius 1 is 1.00 bits per heavy atom. The molecule has 2 aromatic carbocycles. The average molecular weight is 440 g/mol. The molecule has 0 spiro atoms. The zero-order valence-electron chi connectivity index (χ0n) is 18.2. The molecule has 0 aliphatic carbocycles. The summed E-state index contributed by atoms with van der Waals surface area (Å²) < 4.78 is 2.47. The van der Waals surface area contributed by atoms with Crippen LogP contribution in [0.4, 0.5) is 0 Å². The van der Waals surface area contributed by atoms with E-state index in [0.717, 1.165) is 27.0 Å². The van der Waals surface area contributed by atoms with E-state index >= 15 is 0 Å². The Bertz CT molecular complexity index is 1640. The van der Waals surface area contributed by atoms with Crippen molar-refractivity contribution in [3.63, 3.8) is 0 Å². The van der Waals surface area contributed by atoms with Gasteiger partial charge in [-0.3, -0.25) is 19.8 Å². The third-order valence-corrected chi connectivity index (χ3v) is 5.77. The lowest BCUT2D eigenvalue weighted by molar-refractivity contribution is -0.113. The van der Waals surface area contributed by atoms with Gasteiger partial charge in [0, 0.05) is 16.6 Å². The second kappa shape index (κ2) is 7.56. The molecule has 2 N–H and O–H groups in total. The van der Waals surface area contributed by atoms with E-state index in [1.807, 2.05) is 44.2 Å². The topological polar surface area (TPSA) is 115 Å². The monoisotopic (exact) mass is 440 g/mol. The zero-order chi connectivity index (χ0) is 23.3. The number of carbonyl (C=O) groups is 2. The van der Waals surface area contributed by atoms with E-state index in [4.69, 9.17) is 0 Å². The van der Waals surface area contributed by atoms with Crippen LogP contribution in [0.15, 0.2) is 59.8 Å². The summed E-state index contributed by atoms with van der Waals surface area (Å²) in [7, 11) is 0. The molecule has 164 valence electrons.